The van der Waals surface area contributed by atoms with Crippen LogP contribution in [0.3, 0.4) is 0 Å². The largest absolute Gasteiger partial charge is 0.506 e. The van der Waals surface area contributed by atoms with Gasteiger partial charge in [0.2, 0.25) is 0 Å². The number of nitrogens with one attached hydrogen (secondary N) is 1. The lowest BCUT2D eigenvalue weighted by Gasteiger charge is -2.20. The number of hydrogen-bond acceptors (Lipinski definition) is 4. The molecule has 2 N–H and O–H groups in total. The molecule has 3 rings (SSSR count). The Hall–Kier alpha value is -1.20. The van der Waals surface area contributed by atoms with Crippen molar-refractivity contribution in [1.82, 2.24) is 14.7 Å². The minimum absolute atomic E-state index is 0.266. The van der Waals surface area contributed by atoms with E-state index in [1.54, 1.807) is 12.3 Å². The van der Waals surface area contributed by atoms with E-state index in [0.717, 1.165) is 23.6 Å². The molecule has 0 aliphatic carbocycles. The maximum atomic E-state index is 9.38. The summed E-state index contributed by atoms with van der Waals surface area (Å²) in [5, 5.41) is 12.8. The van der Waals surface area contributed by atoms with Crippen LogP contribution in [0, 0.1) is 0 Å². The summed E-state index contributed by atoms with van der Waals surface area (Å²) in [6, 6.07) is 3.82. The van der Waals surface area contributed by atoms with Crippen LogP contribution in [0.1, 0.15) is 11.7 Å². The molecule has 1 fully saturated rings. The molecule has 0 spiro atoms. The molecule has 0 radical (unpaired) electrons. The van der Waals surface area contributed by atoms with E-state index >= 15 is 0 Å². The summed E-state index contributed by atoms with van der Waals surface area (Å²) in [5.74, 6) is 2.50. The number of imidazole rings is 1. The number of hydrogen-bond donors (Lipinski definition) is 2. The predicted molar refractivity (Wildman–Crippen MR) is 64.9 cm³/mol. The van der Waals surface area contributed by atoms with Gasteiger partial charge in [0.25, 0.3) is 0 Å². The van der Waals surface area contributed by atoms with Crippen LogP contribution in [-0.4, -0.2) is 32.5 Å². The summed E-state index contributed by atoms with van der Waals surface area (Å²) in [6.45, 7) is 1.04. The minimum Gasteiger partial charge on any atom is -0.506 e. The van der Waals surface area contributed by atoms with Crippen molar-refractivity contribution in [2.24, 2.45) is 0 Å². The maximum Gasteiger partial charge on any atom is 0.137 e. The molecule has 1 aliphatic heterocycles. The monoisotopic (exact) mass is 235 g/mol. The van der Waals surface area contributed by atoms with Crippen LogP contribution >= 0.6 is 11.8 Å². The Morgan fingerprint density at radius 3 is 3.19 bits per heavy atom. The highest BCUT2D eigenvalue weighted by Gasteiger charge is 2.17. The Morgan fingerprint density at radius 1 is 1.44 bits per heavy atom. The molecule has 3 heterocycles. The number of fused-ring (bicyclic) bond motifs is 1. The highest BCUT2D eigenvalue weighted by atomic mass is 32.2. The lowest BCUT2D eigenvalue weighted by atomic mass is 10.2. The van der Waals surface area contributed by atoms with Crippen LogP contribution in [0.25, 0.3) is 5.65 Å². The van der Waals surface area contributed by atoms with Gasteiger partial charge in [0.15, 0.2) is 0 Å². The molecule has 0 saturated carbocycles. The number of aromatic nitrogens is 2. The summed E-state index contributed by atoms with van der Waals surface area (Å²) in [4.78, 5) is 4.55. The smallest absolute Gasteiger partial charge is 0.137 e. The lowest BCUT2D eigenvalue weighted by molar-refractivity contribution is 0.472. The second-order valence-corrected chi connectivity index (χ2v) is 5.05. The Balaban J connectivity index is 1.97. The van der Waals surface area contributed by atoms with Crippen LogP contribution < -0.4 is 5.32 Å². The third kappa shape index (κ3) is 1.76. The summed E-state index contributed by atoms with van der Waals surface area (Å²) in [7, 11) is 0. The predicted octanol–water partition coefficient (Wildman–Crippen LogP) is 1.42. The number of nitrogens with zero attached hydrogens (tertiary/aromatic N) is 2. The van der Waals surface area contributed by atoms with Crippen molar-refractivity contribution in [2.45, 2.75) is 6.04 Å². The van der Waals surface area contributed by atoms with Crippen LogP contribution in [0.2, 0.25) is 0 Å². The van der Waals surface area contributed by atoms with Gasteiger partial charge >= 0.3 is 0 Å². The fourth-order valence-corrected chi connectivity index (χ4v) is 2.88. The van der Waals surface area contributed by atoms with Crippen molar-refractivity contribution < 1.29 is 5.11 Å². The van der Waals surface area contributed by atoms with Crippen molar-refractivity contribution >= 4 is 17.4 Å². The molecule has 16 heavy (non-hydrogen) atoms. The SMILES string of the molecule is Oc1ccc2nc(C3CSCCN3)cn2c1. The van der Waals surface area contributed by atoms with Crippen molar-refractivity contribution in [1.29, 1.82) is 0 Å². The van der Waals surface area contributed by atoms with Gasteiger partial charge in [-0.15, -0.1) is 0 Å². The normalized spacial score (nSPS) is 21.4. The average Bonchev–Trinajstić information content (AvgIpc) is 2.73. The Kier molecular flexibility index (Phi) is 2.49. The zero-order valence-electron chi connectivity index (χ0n) is 8.76. The number of pyridine rings is 1. The minimum atomic E-state index is 0.266. The number of aromatic hydroxyl groups is 1. The van der Waals surface area contributed by atoms with Crippen LogP contribution in [0.15, 0.2) is 24.5 Å². The molecule has 2 aromatic rings. The molecule has 1 atom stereocenters. The summed E-state index contributed by atoms with van der Waals surface area (Å²) in [5.41, 5.74) is 1.93. The third-order valence-electron chi connectivity index (χ3n) is 2.73. The third-order valence-corrected chi connectivity index (χ3v) is 3.79. The first-order valence-corrected chi connectivity index (χ1v) is 6.47. The van der Waals surface area contributed by atoms with Gasteiger partial charge in [-0.3, -0.25) is 0 Å². The summed E-state index contributed by atoms with van der Waals surface area (Å²) in [6.07, 6.45) is 3.67. The molecular formula is C11H13N3OS. The molecule has 1 aliphatic rings. The van der Waals surface area contributed by atoms with E-state index in [1.165, 1.54) is 5.75 Å². The summed E-state index contributed by atoms with van der Waals surface area (Å²) < 4.78 is 1.87. The van der Waals surface area contributed by atoms with Gasteiger partial charge in [0, 0.05) is 24.2 Å². The van der Waals surface area contributed by atoms with Gasteiger partial charge in [-0.25, -0.2) is 4.98 Å². The first-order valence-electron chi connectivity index (χ1n) is 5.32. The molecular weight excluding hydrogens is 222 g/mol. The van der Waals surface area contributed by atoms with E-state index in [2.05, 4.69) is 10.3 Å². The van der Waals surface area contributed by atoms with Crippen molar-refractivity contribution in [3.05, 3.63) is 30.2 Å². The van der Waals surface area contributed by atoms with Gasteiger partial charge in [0.05, 0.1) is 17.9 Å². The first-order chi connectivity index (χ1) is 7.83. The maximum absolute atomic E-state index is 9.38. The zero-order valence-corrected chi connectivity index (χ0v) is 9.57. The van der Waals surface area contributed by atoms with Crippen molar-refractivity contribution in [2.75, 3.05) is 18.1 Å². The first kappa shape index (κ1) is 9.99. The molecule has 84 valence electrons. The summed E-state index contributed by atoms with van der Waals surface area (Å²) >= 11 is 1.95. The van der Waals surface area contributed by atoms with E-state index in [4.69, 9.17) is 0 Å². The highest BCUT2D eigenvalue weighted by molar-refractivity contribution is 7.99. The van der Waals surface area contributed by atoms with Crippen molar-refractivity contribution in [3.8, 4) is 5.75 Å². The Bertz CT molecular complexity index is 505. The fourth-order valence-electron chi connectivity index (χ4n) is 1.92. The topological polar surface area (TPSA) is 49.6 Å². The molecule has 4 nitrogen and oxygen atoms in total. The lowest BCUT2D eigenvalue weighted by Crippen LogP contribution is -2.30. The van der Waals surface area contributed by atoms with Gasteiger partial charge in [-0.05, 0) is 12.1 Å². The quantitative estimate of drug-likeness (QED) is 0.785. The van der Waals surface area contributed by atoms with E-state index < -0.39 is 0 Å². The molecule has 0 aromatic carbocycles. The van der Waals surface area contributed by atoms with Gasteiger partial charge < -0.3 is 14.8 Å². The molecule has 0 amide bonds. The number of rotatable bonds is 1. The van der Waals surface area contributed by atoms with E-state index in [0.29, 0.717) is 6.04 Å². The second-order valence-electron chi connectivity index (χ2n) is 3.90. The van der Waals surface area contributed by atoms with Crippen LogP contribution in [-0.2, 0) is 0 Å². The standard InChI is InChI=1S/C11H13N3OS/c15-8-1-2-11-13-9(6-14(11)5-8)10-7-16-4-3-12-10/h1-2,5-6,10,12,15H,3-4,7H2. The molecule has 2 aromatic heterocycles. The van der Waals surface area contributed by atoms with Crippen LogP contribution in [0.4, 0.5) is 0 Å². The molecule has 0 bridgehead atoms. The van der Waals surface area contributed by atoms with E-state index in [-0.39, 0.29) is 5.75 Å². The van der Waals surface area contributed by atoms with Crippen molar-refractivity contribution in [3.63, 3.8) is 0 Å². The van der Waals surface area contributed by atoms with E-state index in [9.17, 15) is 5.11 Å². The van der Waals surface area contributed by atoms with Gasteiger partial charge in [-0.1, -0.05) is 0 Å². The van der Waals surface area contributed by atoms with E-state index in [1.807, 2.05) is 28.4 Å². The Morgan fingerprint density at radius 2 is 2.38 bits per heavy atom. The average molecular weight is 235 g/mol. The molecule has 1 saturated heterocycles. The van der Waals surface area contributed by atoms with Gasteiger partial charge in [-0.2, -0.15) is 11.8 Å². The fraction of sp³-hybridized carbons (Fsp3) is 0.364. The number of thioether (sulfide) groups is 1. The van der Waals surface area contributed by atoms with Crippen LogP contribution in [0.5, 0.6) is 5.75 Å². The highest BCUT2D eigenvalue weighted by Crippen LogP contribution is 2.22. The van der Waals surface area contributed by atoms with Gasteiger partial charge in [0.1, 0.15) is 11.4 Å². The molecule has 1 unspecified atom stereocenters. The zero-order chi connectivity index (χ0) is 11.0. The molecule has 5 heteroatoms. The second kappa shape index (κ2) is 3.99. The Labute approximate surface area is 97.7 Å².